The molecule has 3 nitrogen and oxygen atoms in total. The van der Waals surface area contributed by atoms with Gasteiger partial charge < -0.3 is 4.74 Å². The number of hydrogen-bond donors (Lipinski definition) is 0. The summed E-state index contributed by atoms with van der Waals surface area (Å²) in [6.07, 6.45) is 0.463. The molecule has 1 aromatic heterocycles. The summed E-state index contributed by atoms with van der Waals surface area (Å²) in [7, 11) is 0. The third-order valence-electron chi connectivity index (χ3n) is 2.46. The first-order chi connectivity index (χ1) is 6.99. The summed E-state index contributed by atoms with van der Waals surface area (Å²) in [4.78, 5) is 23.4. The van der Waals surface area contributed by atoms with E-state index >= 15 is 0 Å². The third kappa shape index (κ3) is 2.06. The zero-order valence-corrected chi connectivity index (χ0v) is 9.65. The van der Waals surface area contributed by atoms with E-state index in [1.165, 1.54) is 11.3 Å². The summed E-state index contributed by atoms with van der Waals surface area (Å²) in [5, 5.41) is 0. The highest BCUT2D eigenvalue weighted by atomic mass is 35.5. The SMILES string of the molecule is CC1(c2ccc(Cl)s2)CC(=O)OC(=O)C1. The quantitative estimate of drug-likeness (QED) is 0.563. The maximum absolute atomic E-state index is 11.2. The van der Waals surface area contributed by atoms with Crippen molar-refractivity contribution in [3.05, 3.63) is 21.3 Å². The number of ether oxygens (including phenoxy) is 1. The van der Waals surface area contributed by atoms with E-state index in [2.05, 4.69) is 4.74 Å². The second-order valence-corrected chi connectivity index (χ2v) is 5.58. The van der Waals surface area contributed by atoms with Crippen molar-refractivity contribution in [1.29, 1.82) is 0 Å². The first-order valence-corrected chi connectivity index (χ1v) is 5.68. The average molecular weight is 245 g/mol. The number of thiophene rings is 1. The normalized spacial score (nSPS) is 20.1. The highest BCUT2D eigenvalue weighted by Gasteiger charge is 2.39. The van der Waals surface area contributed by atoms with E-state index in [9.17, 15) is 9.59 Å². The van der Waals surface area contributed by atoms with Gasteiger partial charge in [0.2, 0.25) is 0 Å². The Balaban J connectivity index is 2.33. The van der Waals surface area contributed by atoms with Crippen LogP contribution in [0.2, 0.25) is 4.34 Å². The first-order valence-electron chi connectivity index (χ1n) is 4.49. The van der Waals surface area contributed by atoms with Gasteiger partial charge in [0.05, 0.1) is 17.2 Å². The monoisotopic (exact) mass is 244 g/mol. The van der Waals surface area contributed by atoms with E-state index in [-0.39, 0.29) is 12.8 Å². The molecule has 0 N–H and O–H groups in total. The highest BCUT2D eigenvalue weighted by Crippen LogP contribution is 2.40. The van der Waals surface area contributed by atoms with Crippen LogP contribution < -0.4 is 0 Å². The molecule has 0 atom stereocenters. The predicted octanol–water partition coefficient (Wildman–Crippen LogP) is 2.52. The molecule has 1 saturated heterocycles. The summed E-state index contributed by atoms with van der Waals surface area (Å²) in [5.74, 6) is -0.920. The van der Waals surface area contributed by atoms with Crippen molar-refractivity contribution >= 4 is 34.9 Å². The summed E-state index contributed by atoms with van der Waals surface area (Å²) < 4.78 is 5.17. The number of carbonyl (C=O) groups is 2. The van der Waals surface area contributed by atoms with Gasteiger partial charge in [-0.05, 0) is 12.1 Å². The van der Waals surface area contributed by atoms with E-state index in [0.29, 0.717) is 4.34 Å². The van der Waals surface area contributed by atoms with Gasteiger partial charge >= 0.3 is 11.9 Å². The van der Waals surface area contributed by atoms with E-state index in [1.807, 2.05) is 13.0 Å². The second kappa shape index (κ2) is 3.61. The summed E-state index contributed by atoms with van der Waals surface area (Å²) in [6, 6.07) is 3.64. The largest absolute Gasteiger partial charge is 0.393 e. The van der Waals surface area contributed by atoms with Crippen LogP contribution in [0.5, 0.6) is 0 Å². The summed E-state index contributed by atoms with van der Waals surface area (Å²) in [6.45, 7) is 1.88. The molecule has 2 rings (SSSR count). The lowest BCUT2D eigenvalue weighted by Gasteiger charge is -2.29. The van der Waals surface area contributed by atoms with Gasteiger partial charge in [-0.3, -0.25) is 9.59 Å². The molecule has 0 bridgehead atoms. The van der Waals surface area contributed by atoms with Crippen LogP contribution in [0.4, 0.5) is 0 Å². The second-order valence-electron chi connectivity index (χ2n) is 3.86. The minimum atomic E-state index is -0.460. The fourth-order valence-electron chi connectivity index (χ4n) is 1.71. The van der Waals surface area contributed by atoms with Crippen LogP contribution in [0, 0.1) is 0 Å². The Morgan fingerprint density at radius 2 is 1.93 bits per heavy atom. The molecule has 2 heterocycles. The number of hydrogen-bond acceptors (Lipinski definition) is 4. The smallest absolute Gasteiger partial charge is 0.314 e. The van der Waals surface area contributed by atoms with E-state index < -0.39 is 17.4 Å². The molecule has 1 fully saturated rings. The molecule has 5 heteroatoms. The highest BCUT2D eigenvalue weighted by molar-refractivity contribution is 7.16. The molecular weight excluding hydrogens is 236 g/mol. The van der Waals surface area contributed by atoms with Crippen LogP contribution in [0.15, 0.2) is 12.1 Å². The Labute approximate surface area is 96.0 Å². The van der Waals surface area contributed by atoms with Crippen LogP contribution in [-0.4, -0.2) is 11.9 Å². The van der Waals surface area contributed by atoms with Gasteiger partial charge in [0.15, 0.2) is 0 Å². The van der Waals surface area contributed by atoms with E-state index in [1.54, 1.807) is 6.07 Å². The maximum atomic E-state index is 11.2. The van der Waals surface area contributed by atoms with Crippen molar-refractivity contribution in [2.24, 2.45) is 0 Å². The van der Waals surface area contributed by atoms with Crippen LogP contribution in [0.1, 0.15) is 24.6 Å². The van der Waals surface area contributed by atoms with Gasteiger partial charge in [-0.15, -0.1) is 11.3 Å². The lowest BCUT2D eigenvalue weighted by molar-refractivity contribution is -0.166. The van der Waals surface area contributed by atoms with Gasteiger partial charge in [0.25, 0.3) is 0 Å². The summed E-state index contributed by atoms with van der Waals surface area (Å²) in [5.41, 5.74) is -0.454. The molecule has 0 aromatic carbocycles. The summed E-state index contributed by atoms with van der Waals surface area (Å²) >= 11 is 7.23. The molecule has 0 saturated carbocycles. The Kier molecular flexibility index (Phi) is 2.56. The number of esters is 2. The number of halogens is 1. The third-order valence-corrected chi connectivity index (χ3v) is 4.00. The number of rotatable bonds is 1. The standard InChI is InChI=1S/C10H9ClO3S/c1-10(6-2-3-7(11)15-6)4-8(12)14-9(13)5-10/h2-3H,4-5H2,1H3. The van der Waals surface area contributed by atoms with Crippen molar-refractivity contribution in [2.75, 3.05) is 0 Å². The minimum absolute atomic E-state index is 0.232. The fraction of sp³-hybridized carbons (Fsp3) is 0.400. The van der Waals surface area contributed by atoms with Crippen LogP contribution in [-0.2, 0) is 19.7 Å². The Morgan fingerprint density at radius 1 is 1.33 bits per heavy atom. The average Bonchev–Trinajstić information content (AvgIpc) is 2.49. The van der Waals surface area contributed by atoms with Crippen LogP contribution >= 0.6 is 22.9 Å². The van der Waals surface area contributed by atoms with Gasteiger partial charge in [0, 0.05) is 10.3 Å². The van der Waals surface area contributed by atoms with Gasteiger partial charge in [-0.2, -0.15) is 0 Å². The van der Waals surface area contributed by atoms with Gasteiger partial charge in [-0.1, -0.05) is 18.5 Å². The Hall–Kier alpha value is -0.870. The molecule has 15 heavy (non-hydrogen) atoms. The molecule has 1 aliphatic heterocycles. The van der Waals surface area contributed by atoms with Crippen molar-refractivity contribution in [1.82, 2.24) is 0 Å². The molecule has 1 aromatic rings. The number of carbonyl (C=O) groups excluding carboxylic acids is 2. The number of cyclic esters (lactones) is 2. The minimum Gasteiger partial charge on any atom is -0.393 e. The molecule has 0 amide bonds. The molecular formula is C10H9ClO3S. The van der Waals surface area contributed by atoms with Crippen molar-refractivity contribution in [3.63, 3.8) is 0 Å². The molecule has 1 aliphatic rings. The first kappa shape index (κ1) is 10.6. The topological polar surface area (TPSA) is 43.4 Å². The zero-order valence-electron chi connectivity index (χ0n) is 8.08. The molecule has 80 valence electrons. The van der Waals surface area contributed by atoms with Crippen LogP contribution in [0.3, 0.4) is 0 Å². The molecule has 0 radical (unpaired) electrons. The predicted molar refractivity (Wildman–Crippen MR) is 57.0 cm³/mol. The van der Waals surface area contributed by atoms with Crippen molar-refractivity contribution < 1.29 is 14.3 Å². The lowest BCUT2D eigenvalue weighted by atomic mass is 9.80. The maximum Gasteiger partial charge on any atom is 0.314 e. The van der Waals surface area contributed by atoms with Crippen LogP contribution in [0.25, 0.3) is 0 Å². The van der Waals surface area contributed by atoms with Gasteiger partial charge in [0.1, 0.15) is 0 Å². The van der Waals surface area contributed by atoms with E-state index in [0.717, 1.165) is 4.88 Å². The Bertz CT molecular complexity index is 408. The lowest BCUT2D eigenvalue weighted by Crippen LogP contribution is -2.36. The van der Waals surface area contributed by atoms with E-state index in [4.69, 9.17) is 11.6 Å². The Morgan fingerprint density at radius 3 is 2.40 bits per heavy atom. The van der Waals surface area contributed by atoms with Gasteiger partial charge in [-0.25, -0.2) is 0 Å². The molecule has 0 unspecified atom stereocenters. The zero-order chi connectivity index (χ0) is 11.1. The molecule has 0 aliphatic carbocycles. The van der Waals surface area contributed by atoms with Crippen molar-refractivity contribution in [3.8, 4) is 0 Å². The fourth-order valence-corrected chi connectivity index (χ4v) is 2.90. The van der Waals surface area contributed by atoms with Crippen molar-refractivity contribution in [2.45, 2.75) is 25.2 Å². The molecule has 0 spiro atoms.